The highest BCUT2D eigenvalue weighted by molar-refractivity contribution is 5.78. The minimum atomic E-state index is 0.351. The van der Waals surface area contributed by atoms with Gasteiger partial charge in [0.05, 0.1) is 6.54 Å². The Balaban J connectivity index is 2.28. The Morgan fingerprint density at radius 2 is 1.07 bits per heavy atom. The first-order valence-corrected chi connectivity index (χ1v) is 12.9. The van der Waals surface area contributed by atoms with Crippen molar-refractivity contribution in [3.8, 4) is 0 Å². The van der Waals surface area contributed by atoms with Crippen molar-refractivity contribution < 1.29 is 4.79 Å². The highest BCUT2D eigenvalue weighted by Gasteiger charge is 2.20. The van der Waals surface area contributed by atoms with E-state index in [1.54, 1.807) is 0 Å². The second kappa shape index (κ2) is 18.2. The van der Waals surface area contributed by atoms with E-state index in [-0.39, 0.29) is 0 Å². The summed E-state index contributed by atoms with van der Waals surface area (Å²) >= 11 is 0. The number of hydrogen-bond acceptors (Lipinski definition) is 3. The lowest BCUT2D eigenvalue weighted by Gasteiger charge is -2.34. The number of carbonyl (C=O) groups is 1. The largest absolute Gasteiger partial charge is 0.339 e. The number of amides is 1. The van der Waals surface area contributed by atoms with Crippen LogP contribution >= 0.6 is 0 Å². The van der Waals surface area contributed by atoms with E-state index in [9.17, 15) is 4.79 Å². The normalized spacial score (nSPS) is 15.4. The average Bonchev–Trinajstić information content (AvgIpc) is 2.72. The Labute approximate surface area is 182 Å². The zero-order valence-electron chi connectivity index (χ0n) is 20.1. The monoisotopic (exact) mass is 409 g/mol. The molecule has 172 valence electrons. The maximum absolute atomic E-state index is 12.8. The maximum atomic E-state index is 12.8. The van der Waals surface area contributed by atoms with Gasteiger partial charge in [0.2, 0.25) is 5.91 Å². The van der Waals surface area contributed by atoms with Crippen LogP contribution in [0.15, 0.2) is 0 Å². The average molecular weight is 410 g/mol. The van der Waals surface area contributed by atoms with Crippen LogP contribution in [0.4, 0.5) is 0 Å². The fourth-order valence-corrected chi connectivity index (χ4v) is 4.20. The van der Waals surface area contributed by atoms with Crippen LogP contribution < -0.4 is 0 Å². The van der Waals surface area contributed by atoms with E-state index in [1.165, 1.54) is 89.9 Å². The first kappa shape index (κ1) is 26.4. The fraction of sp³-hybridized carbons (Fsp3) is 0.960. The van der Waals surface area contributed by atoms with Crippen LogP contribution in [0.1, 0.15) is 104 Å². The molecule has 1 aliphatic heterocycles. The summed E-state index contributed by atoms with van der Waals surface area (Å²) in [6.07, 6.45) is 18.8. The summed E-state index contributed by atoms with van der Waals surface area (Å²) < 4.78 is 0. The Hall–Kier alpha value is -0.610. The van der Waals surface area contributed by atoms with E-state index in [0.29, 0.717) is 12.5 Å². The highest BCUT2D eigenvalue weighted by Crippen LogP contribution is 2.11. The van der Waals surface area contributed by atoms with Crippen molar-refractivity contribution in [1.29, 1.82) is 0 Å². The molecule has 4 heteroatoms. The van der Waals surface area contributed by atoms with Crippen LogP contribution in [0.25, 0.3) is 0 Å². The van der Waals surface area contributed by atoms with Gasteiger partial charge in [-0.1, -0.05) is 90.9 Å². The third-order valence-electron chi connectivity index (χ3n) is 6.37. The van der Waals surface area contributed by atoms with Crippen molar-refractivity contribution in [2.24, 2.45) is 0 Å². The van der Waals surface area contributed by atoms with Crippen molar-refractivity contribution in [2.45, 2.75) is 104 Å². The van der Waals surface area contributed by atoms with E-state index in [1.807, 2.05) is 0 Å². The number of hydrogen-bond donors (Lipinski definition) is 0. The zero-order chi connectivity index (χ0) is 21.2. The molecule has 1 amide bonds. The topological polar surface area (TPSA) is 26.8 Å². The molecule has 0 aliphatic carbocycles. The van der Waals surface area contributed by atoms with Crippen LogP contribution in [0.5, 0.6) is 0 Å². The molecule has 0 saturated carbocycles. The third-order valence-corrected chi connectivity index (χ3v) is 6.37. The van der Waals surface area contributed by atoms with Crippen LogP contribution in [-0.2, 0) is 4.79 Å². The predicted molar refractivity (Wildman–Crippen MR) is 127 cm³/mol. The highest BCUT2D eigenvalue weighted by atomic mass is 16.2. The van der Waals surface area contributed by atoms with Crippen molar-refractivity contribution in [3.63, 3.8) is 0 Å². The summed E-state index contributed by atoms with van der Waals surface area (Å²) in [4.78, 5) is 19.7. The number of rotatable bonds is 18. The van der Waals surface area contributed by atoms with Crippen LogP contribution in [0, 0.1) is 0 Å². The zero-order valence-corrected chi connectivity index (χ0v) is 20.1. The van der Waals surface area contributed by atoms with Gasteiger partial charge in [-0.3, -0.25) is 9.69 Å². The molecule has 0 aromatic rings. The first-order chi connectivity index (χ1) is 14.2. The summed E-state index contributed by atoms with van der Waals surface area (Å²) in [5.41, 5.74) is 0. The molecule has 0 aromatic heterocycles. The van der Waals surface area contributed by atoms with Crippen LogP contribution in [-0.4, -0.2) is 73.5 Å². The second-order valence-corrected chi connectivity index (χ2v) is 9.20. The van der Waals surface area contributed by atoms with Gasteiger partial charge in [-0.05, 0) is 33.0 Å². The van der Waals surface area contributed by atoms with Gasteiger partial charge in [0.25, 0.3) is 0 Å². The van der Waals surface area contributed by atoms with Gasteiger partial charge in [-0.25, -0.2) is 0 Å². The SMILES string of the molecule is CCCCCCCCCN(CCCCCCCCC)CC(=O)N1CCN(C)CC1. The molecule has 0 aromatic carbocycles. The third kappa shape index (κ3) is 14.1. The molecule has 0 atom stereocenters. The summed E-state index contributed by atoms with van der Waals surface area (Å²) in [6.45, 7) is 11.2. The Bertz CT molecular complexity index is 362. The van der Waals surface area contributed by atoms with E-state index >= 15 is 0 Å². The summed E-state index contributed by atoms with van der Waals surface area (Å²) in [7, 11) is 2.15. The van der Waals surface area contributed by atoms with E-state index < -0.39 is 0 Å². The standard InChI is InChI=1S/C25H51N3O/c1-4-6-8-10-12-14-16-18-27(19-17-15-13-11-9-7-5-2)24-25(29)28-22-20-26(3)21-23-28/h4-24H2,1-3H3. The van der Waals surface area contributed by atoms with Gasteiger partial charge >= 0.3 is 0 Å². The quantitative estimate of drug-likeness (QED) is 0.277. The van der Waals surface area contributed by atoms with Gasteiger partial charge in [-0.2, -0.15) is 0 Å². The molecule has 1 aliphatic rings. The molecule has 0 bridgehead atoms. The molecule has 1 saturated heterocycles. The van der Waals surface area contributed by atoms with Crippen LogP contribution in [0.3, 0.4) is 0 Å². The van der Waals surface area contributed by atoms with Crippen LogP contribution in [0.2, 0.25) is 0 Å². The Morgan fingerprint density at radius 1 is 0.655 bits per heavy atom. The Kier molecular flexibility index (Phi) is 16.6. The molecule has 4 nitrogen and oxygen atoms in total. The number of piperazine rings is 1. The second-order valence-electron chi connectivity index (χ2n) is 9.20. The lowest BCUT2D eigenvalue weighted by molar-refractivity contribution is -0.134. The van der Waals surface area contributed by atoms with Gasteiger partial charge in [0.15, 0.2) is 0 Å². The molecule has 1 heterocycles. The molecular formula is C25H51N3O. The number of likely N-dealkylation sites (N-methyl/N-ethyl adjacent to an activating group) is 1. The number of carbonyl (C=O) groups excluding carboxylic acids is 1. The van der Waals surface area contributed by atoms with Crippen molar-refractivity contribution in [2.75, 3.05) is 52.9 Å². The van der Waals surface area contributed by atoms with Gasteiger partial charge in [-0.15, -0.1) is 0 Å². The van der Waals surface area contributed by atoms with Gasteiger partial charge < -0.3 is 9.80 Å². The molecule has 0 unspecified atom stereocenters. The lowest BCUT2D eigenvalue weighted by atomic mass is 10.1. The van der Waals surface area contributed by atoms with Crippen molar-refractivity contribution >= 4 is 5.91 Å². The van der Waals surface area contributed by atoms with E-state index in [4.69, 9.17) is 0 Å². The van der Waals surface area contributed by atoms with E-state index in [2.05, 4.69) is 35.6 Å². The molecule has 0 N–H and O–H groups in total. The first-order valence-electron chi connectivity index (χ1n) is 12.9. The molecular weight excluding hydrogens is 358 g/mol. The summed E-state index contributed by atoms with van der Waals surface area (Å²) in [6, 6.07) is 0. The number of unbranched alkanes of at least 4 members (excludes halogenated alkanes) is 12. The molecule has 0 radical (unpaired) electrons. The predicted octanol–water partition coefficient (Wildman–Crippen LogP) is 5.56. The van der Waals surface area contributed by atoms with Crippen molar-refractivity contribution in [1.82, 2.24) is 14.7 Å². The summed E-state index contributed by atoms with van der Waals surface area (Å²) in [5.74, 6) is 0.351. The minimum absolute atomic E-state index is 0.351. The summed E-state index contributed by atoms with van der Waals surface area (Å²) in [5, 5.41) is 0. The lowest BCUT2D eigenvalue weighted by Crippen LogP contribution is -2.50. The molecule has 1 rings (SSSR count). The maximum Gasteiger partial charge on any atom is 0.236 e. The van der Waals surface area contributed by atoms with Crippen molar-refractivity contribution in [3.05, 3.63) is 0 Å². The Morgan fingerprint density at radius 3 is 1.52 bits per heavy atom. The smallest absolute Gasteiger partial charge is 0.236 e. The molecule has 1 fully saturated rings. The molecule has 0 spiro atoms. The van der Waals surface area contributed by atoms with Gasteiger partial charge in [0, 0.05) is 26.2 Å². The number of nitrogens with zero attached hydrogens (tertiary/aromatic N) is 3. The van der Waals surface area contributed by atoms with E-state index in [0.717, 1.165) is 39.3 Å². The molecule has 29 heavy (non-hydrogen) atoms. The fourth-order valence-electron chi connectivity index (χ4n) is 4.20. The minimum Gasteiger partial charge on any atom is -0.339 e. The van der Waals surface area contributed by atoms with Gasteiger partial charge in [0.1, 0.15) is 0 Å².